The highest BCUT2D eigenvalue weighted by Crippen LogP contribution is 2.47. The van der Waals surface area contributed by atoms with Gasteiger partial charge in [-0.25, -0.2) is 19.9 Å². The molecule has 0 fully saturated rings. The molecule has 0 N–H and O–H groups in total. The molecular formula is C92H60BN7. The molecular weight excluding hydrogens is 1210 g/mol. The maximum atomic E-state index is 5.76. The number of hydrogen-bond acceptors (Lipinski definition) is 6. The second-order valence-electron chi connectivity index (χ2n) is 25.7. The maximum Gasteiger partial charge on any atom is 0.252 e. The number of nitrogens with zero attached hydrogens (tertiary/aromatic N) is 7. The number of aromatic nitrogens is 5. The molecule has 19 rings (SSSR count). The quantitative estimate of drug-likeness (QED) is 0.114. The molecule has 2 aliphatic rings. The predicted molar refractivity (Wildman–Crippen MR) is 415 cm³/mol. The van der Waals surface area contributed by atoms with Crippen molar-refractivity contribution in [2.45, 2.75) is 0 Å². The number of rotatable bonds is 12. The SMILES string of the molecule is c1ccc(-c2ccc3c(c2)c2cc(-c4ccccc4)ccc2n3-c2ccc(-c3nc(-c4ccccc4)cc(-c4ccccc4)n3)cc2-c2cc(-c3ccccc3)nc(-c3ccc(-c4cc5c6c(c4)N(c4ccccc4)c4ccccc4B6c4ccccc4N5c4ccccc4)cc3)n2)cc1. The summed E-state index contributed by atoms with van der Waals surface area (Å²) >= 11 is 0. The summed E-state index contributed by atoms with van der Waals surface area (Å²) in [7, 11) is 0. The second kappa shape index (κ2) is 24.4. The standard InChI is InChI=1S/C92H60BN7/c1-8-26-61(27-9-1)68-48-51-83-74(54-68)75-55-69(62-28-10-2-11-29-62)49-52-84(75)100(83)85-53-50-70(92-95-79(64-30-12-3-13-31-64)59-80(96-92)65-32-14-4-15-33-65)56-76(85)82-60-81(66-34-16-5-17-35-66)94-91(97-82)67-46-44-63(45-47-67)71-57-88-90-89(58-71)99(73-38-20-7-21-39-73)87-43-25-23-41-78(87)93(90)77-40-22-24-42-86(77)98(88)72-36-18-6-19-37-72/h1-60H. The molecule has 0 spiro atoms. The van der Waals surface area contributed by atoms with E-state index in [4.69, 9.17) is 19.9 Å². The molecule has 0 unspecified atom stereocenters. The van der Waals surface area contributed by atoms with Crippen LogP contribution in [-0.4, -0.2) is 31.2 Å². The van der Waals surface area contributed by atoms with Crippen LogP contribution in [0.2, 0.25) is 0 Å². The van der Waals surface area contributed by atoms with Crippen molar-refractivity contribution in [2.24, 2.45) is 0 Å². The third-order valence-corrected chi connectivity index (χ3v) is 19.8. The first-order chi connectivity index (χ1) is 49.6. The van der Waals surface area contributed by atoms with Gasteiger partial charge in [-0.2, -0.15) is 0 Å². The number of anilines is 6. The van der Waals surface area contributed by atoms with Crippen LogP contribution in [-0.2, 0) is 0 Å². The molecule has 0 atom stereocenters. The number of benzene rings is 14. The minimum Gasteiger partial charge on any atom is -0.311 e. The van der Waals surface area contributed by atoms with Gasteiger partial charge in [-0.15, -0.1) is 0 Å². The van der Waals surface area contributed by atoms with Gasteiger partial charge in [0.1, 0.15) is 0 Å². The minimum absolute atomic E-state index is 0.00637. The van der Waals surface area contributed by atoms with E-state index in [1.807, 2.05) is 12.1 Å². The molecule has 3 aromatic heterocycles. The van der Waals surface area contributed by atoms with Gasteiger partial charge in [0.2, 0.25) is 0 Å². The Morgan fingerprint density at radius 1 is 0.220 bits per heavy atom. The van der Waals surface area contributed by atoms with E-state index in [1.165, 1.54) is 27.8 Å². The van der Waals surface area contributed by atoms with E-state index in [0.29, 0.717) is 11.6 Å². The highest BCUT2D eigenvalue weighted by atomic mass is 15.2. The third-order valence-electron chi connectivity index (χ3n) is 19.8. The van der Waals surface area contributed by atoms with Gasteiger partial charge in [0.25, 0.3) is 6.71 Å². The zero-order chi connectivity index (χ0) is 66.0. The van der Waals surface area contributed by atoms with Gasteiger partial charge in [-0.05, 0) is 153 Å². The summed E-state index contributed by atoms with van der Waals surface area (Å²) < 4.78 is 2.42. The van der Waals surface area contributed by atoms with Crippen LogP contribution in [0.4, 0.5) is 34.1 Å². The predicted octanol–water partition coefficient (Wildman–Crippen LogP) is 21.4. The highest BCUT2D eigenvalue weighted by Gasteiger charge is 2.43. The Kier molecular flexibility index (Phi) is 14.2. The molecule has 0 bridgehead atoms. The van der Waals surface area contributed by atoms with Crippen molar-refractivity contribution in [3.8, 4) is 107 Å². The Labute approximate surface area is 580 Å². The summed E-state index contributed by atoms with van der Waals surface area (Å²) in [5, 5.41) is 2.28. The Morgan fingerprint density at radius 2 is 0.570 bits per heavy atom. The average molecular weight is 1270 g/mol. The summed E-state index contributed by atoms with van der Waals surface area (Å²) in [5.74, 6) is 1.19. The van der Waals surface area contributed by atoms with Crippen LogP contribution in [0, 0.1) is 0 Å². The number of hydrogen-bond donors (Lipinski definition) is 0. The first kappa shape index (κ1) is 58.1. The molecule has 2 aliphatic heterocycles. The minimum atomic E-state index is 0.00637. The van der Waals surface area contributed by atoms with Gasteiger partial charge in [0.15, 0.2) is 11.6 Å². The lowest BCUT2D eigenvalue weighted by molar-refractivity contribution is 1.14. The van der Waals surface area contributed by atoms with Crippen molar-refractivity contribution in [3.05, 3.63) is 364 Å². The van der Waals surface area contributed by atoms with Crippen molar-refractivity contribution >= 4 is 79.0 Å². The topological polar surface area (TPSA) is 63.0 Å². The van der Waals surface area contributed by atoms with Crippen molar-refractivity contribution in [3.63, 3.8) is 0 Å². The average Bonchev–Trinajstić information content (AvgIpc) is 0.834. The van der Waals surface area contributed by atoms with E-state index in [2.05, 4.69) is 366 Å². The van der Waals surface area contributed by atoms with E-state index in [1.54, 1.807) is 0 Å². The largest absolute Gasteiger partial charge is 0.311 e. The van der Waals surface area contributed by atoms with Crippen LogP contribution in [0.5, 0.6) is 0 Å². The molecule has 100 heavy (non-hydrogen) atoms. The van der Waals surface area contributed by atoms with Crippen molar-refractivity contribution < 1.29 is 0 Å². The number of para-hydroxylation sites is 4. The lowest BCUT2D eigenvalue weighted by atomic mass is 9.33. The lowest BCUT2D eigenvalue weighted by Gasteiger charge is -2.44. The molecule has 466 valence electrons. The van der Waals surface area contributed by atoms with Crippen molar-refractivity contribution in [1.82, 2.24) is 24.5 Å². The Balaban J connectivity index is 0.820. The smallest absolute Gasteiger partial charge is 0.252 e. The Hall–Kier alpha value is -13.3. The Bertz CT molecular complexity index is 5690. The van der Waals surface area contributed by atoms with Crippen LogP contribution in [0.15, 0.2) is 364 Å². The van der Waals surface area contributed by atoms with Crippen molar-refractivity contribution in [1.29, 1.82) is 0 Å². The van der Waals surface area contributed by atoms with Crippen LogP contribution in [0.25, 0.3) is 129 Å². The van der Waals surface area contributed by atoms with Crippen LogP contribution in [0.3, 0.4) is 0 Å². The molecule has 0 saturated heterocycles. The third kappa shape index (κ3) is 10.2. The summed E-state index contributed by atoms with van der Waals surface area (Å²) in [6.45, 7) is 0.00637. The highest BCUT2D eigenvalue weighted by molar-refractivity contribution is 7.00. The second-order valence-corrected chi connectivity index (χ2v) is 25.7. The monoisotopic (exact) mass is 1270 g/mol. The van der Waals surface area contributed by atoms with Crippen LogP contribution < -0.4 is 26.2 Å². The van der Waals surface area contributed by atoms with E-state index < -0.39 is 0 Å². The fraction of sp³-hybridized carbons (Fsp3) is 0. The fourth-order valence-electron chi connectivity index (χ4n) is 15.1. The van der Waals surface area contributed by atoms with E-state index in [0.717, 1.165) is 140 Å². The molecule has 5 heterocycles. The zero-order valence-electron chi connectivity index (χ0n) is 54.3. The molecule has 0 amide bonds. The van der Waals surface area contributed by atoms with Gasteiger partial charge in [-0.3, -0.25) is 0 Å². The fourth-order valence-corrected chi connectivity index (χ4v) is 15.1. The van der Waals surface area contributed by atoms with Crippen LogP contribution in [0.1, 0.15) is 0 Å². The van der Waals surface area contributed by atoms with E-state index in [-0.39, 0.29) is 6.71 Å². The molecule has 17 aromatic rings. The van der Waals surface area contributed by atoms with Crippen LogP contribution >= 0.6 is 0 Å². The van der Waals surface area contributed by atoms with Gasteiger partial charge in [0, 0.05) is 78.3 Å². The van der Waals surface area contributed by atoms with Gasteiger partial charge >= 0.3 is 0 Å². The van der Waals surface area contributed by atoms with Gasteiger partial charge in [-0.1, -0.05) is 261 Å². The summed E-state index contributed by atoms with van der Waals surface area (Å²) in [6.07, 6.45) is 0. The Morgan fingerprint density at radius 3 is 1.03 bits per heavy atom. The lowest BCUT2D eigenvalue weighted by Crippen LogP contribution is -2.61. The van der Waals surface area contributed by atoms with Gasteiger partial charge in [0.05, 0.1) is 39.5 Å². The van der Waals surface area contributed by atoms with Crippen molar-refractivity contribution in [2.75, 3.05) is 9.80 Å². The molecule has 14 aromatic carbocycles. The first-order valence-corrected chi connectivity index (χ1v) is 34.0. The molecule has 0 saturated carbocycles. The van der Waals surface area contributed by atoms with E-state index in [9.17, 15) is 0 Å². The molecule has 0 radical (unpaired) electrons. The first-order valence-electron chi connectivity index (χ1n) is 34.0. The normalized spacial score (nSPS) is 12.1. The summed E-state index contributed by atoms with van der Waals surface area (Å²) in [5.41, 5.74) is 29.3. The van der Waals surface area contributed by atoms with E-state index >= 15 is 0 Å². The van der Waals surface area contributed by atoms with Gasteiger partial charge < -0.3 is 14.4 Å². The molecule has 0 aliphatic carbocycles. The maximum absolute atomic E-state index is 5.76. The molecule has 8 heteroatoms. The zero-order valence-corrected chi connectivity index (χ0v) is 54.3. The molecule has 7 nitrogen and oxygen atoms in total. The number of fused-ring (bicyclic) bond motifs is 7. The summed E-state index contributed by atoms with van der Waals surface area (Å²) in [6, 6.07) is 130. The summed E-state index contributed by atoms with van der Waals surface area (Å²) in [4.78, 5) is 27.0.